The maximum absolute atomic E-state index is 12.9. The first-order chi connectivity index (χ1) is 16.7. The molecule has 0 bridgehead atoms. The van der Waals surface area contributed by atoms with E-state index < -0.39 is 11.9 Å². The Kier molecular flexibility index (Phi) is 6.44. The van der Waals surface area contributed by atoms with Gasteiger partial charge in [0.15, 0.2) is 5.84 Å². The quantitative estimate of drug-likeness (QED) is 0.173. The maximum atomic E-state index is 12.9. The van der Waals surface area contributed by atoms with Crippen LogP contribution in [-0.4, -0.2) is 49.0 Å². The second-order valence-electron chi connectivity index (χ2n) is 6.98. The smallest absolute Gasteiger partial charge is 0.461 e. The van der Waals surface area contributed by atoms with Crippen molar-refractivity contribution in [3.63, 3.8) is 0 Å². The van der Waals surface area contributed by atoms with Crippen LogP contribution in [0.3, 0.4) is 0 Å². The molecule has 0 amide bonds. The van der Waals surface area contributed by atoms with E-state index in [1.54, 1.807) is 18.2 Å². The SMILES string of the molecule is N/C(=N\O)c1ccnc(OCCn2nnc3ccc(-c4ccc(OC(F)(F)F)cc4)cc3c2=O)n1. The van der Waals surface area contributed by atoms with Crippen LogP contribution in [0.5, 0.6) is 11.8 Å². The average Bonchev–Trinajstić information content (AvgIpc) is 2.84. The first-order valence-electron chi connectivity index (χ1n) is 9.91. The van der Waals surface area contributed by atoms with Gasteiger partial charge in [-0.2, -0.15) is 4.98 Å². The monoisotopic (exact) mass is 487 g/mol. The molecule has 0 spiro atoms. The third-order valence-corrected chi connectivity index (χ3v) is 4.68. The van der Waals surface area contributed by atoms with Gasteiger partial charge >= 0.3 is 12.4 Å². The molecule has 0 aliphatic heterocycles. The Balaban J connectivity index is 1.51. The van der Waals surface area contributed by atoms with Crippen LogP contribution in [0.15, 0.2) is 64.7 Å². The van der Waals surface area contributed by atoms with Crippen molar-refractivity contribution in [1.29, 1.82) is 0 Å². The molecule has 11 nitrogen and oxygen atoms in total. The summed E-state index contributed by atoms with van der Waals surface area (Å²) in [6, 6.07) is 11.5. The fourth-order valence-electron chi connectivity index (χ4n) is 3.08. The van der Waals surface area contributed by atoms with Crippen LogP contribution >= 0.6 is 0 Å². The summed E-state index contributed by atoms with van der Waals surface area (Å²) >= 11 is 0. The summed E-state index contributed by atoms with van der Waals surface area (Å²) in [4.78, 5) is 20.8. The first-order valence-corrected chi connectivity index (χ1v) is 9.91. The molecule has 4 rings (SSSR count). The summed E-state index contributed by atoms with van der Waals surface area (Å²) in [5, 5.41) is 19.7. The minimum Gasteiger partial charge on any atom is -0.461 e. The van der Waals surface area contributed by atoms with Gasteiger partial charge in [0.25, 0.3) is 5.56 Å². The number of nitrogens with zero attached hydrogens (tertiary/aromatic N) is 6. The van der Waals surface area contributed by atoms with Crippen LogP contribution in [0.1, 0.15) is 5.69 Å². The predicted octanol–water partition coefficient (Wildman–Crippen LogP) is 2.32. The fourth-order valence-corrected chi connectivity index (χ4v) is 3.08. The van der Waals surface area contributed by atoms with E-state index in [4.69, 9.17) is 15.7 Å². The lowest BCUT2D eigenvalue weighted by molar-refractivity contribution is -0.274. The highest BCUT2D eigenvalue weighted by molar-refractivity contribution is 5.95. The molecule has 0 aliphatic rings. The van der Waals surface area contributed by atoms with Gasteiger partial charge in [0, 0.05) is 6.20 Å². The fraction of sp³-hybridized carbons (Fsp3) is 0.143. The van der Waals surface area contributed by atoms with E-state index in [9.17, 15) is 18.0 Å². The molecule has 14 heteroatoms. The molecule has 0 atom stereocenters. The van der Waals surface area contributed by atoms with Crippen LogP contribution in [0.2, 0.25) is 0 Å². The largest absolute Gasteiger partial charge is 0.573 e. The van der Waals surface area contributed by atoms with E-state index in [0.29, 0.717) is 16.6 Å². The Hall–Kier alpha value is -4.75. The molecule has 2 aromatic carbocycles. The van der Waals surface area contributed by atoms with Gasteiger partial charge in [0.05, 0.1) is 11.9 Å². The van der Waals surface area contributed by atoms with Crippen LogP contribution in [-0.2, 0) is 6.54 Å². The molecular weight excluding hydrogens is 471 g/mol. The number of alkyl halides is 3. The third-order valence-electron chi connectivity index (χ3n) is 4.68. The van der Waals surface area contributed by atoms with Crippen molar-refractivity contribution in [2.24, 2.45) is 10.9 Å². The minimum atomic E-state index is -4.78. The van der Waals surface area contributed by atoms with E-state index in [1.807, 2.05) is 0 Å². The molecule has 0 saturated heterocycles. The van der Waals surface area contributed by atoms with Crippen LogP contribution in [0.25, 0.3) is 22.0 Å². The van der Waals surface area contributed by atoms with Crippen molar-refractivity contribution in [2.45, 2.75) is 12.9 Å². The molecule has 0 unspecified atom stereocenters. The highest BCUT2D eigenvalue weighted by Crippen LogP contribution is 2.27. The van der Waals surface area contributed by atoms with Gasteiger partial charge in [0.1, 0.15) is 23.6 Å². The number of oxime groups is 1. The summed E-state index contributed by atoms with van der Waals surface area (Å²) in [5.74, 6) is -0.566. The molecule has 0 aliphatic carbocycles. The molecule has 4 aromatic rings. The third kappa shape index (κ3) is 5.61. The zero-order valence-corrected chi connectivity index (χ0v) is 17.7. The second kappa shape index (κ2) is 9.62. The molecular formula is C21H16F3N7O4. The van der Waals surface area contributed by atoms with Crippen molar-refractivity contribution >= 4 is 16.7 Å². The van der Waals surface area contributed by atoms with Gasteiger partial charge in [-0.25, -0.2) is 9.67 Å². The van der Waals surface area contributed by atoms with Gasteiger partial charge in [-0.3, -0.25) is 4.79 Å². The summed E-state index contributed by atoms with van der Waals surface area (Å²) in [5.41, 5.74) is 6.72. The Morgan fingerprint density at radius 2 is 1.86 bits per heavy atom. The van der Waals surface area contributed by atoms with E-state index >= 15 is 0 Å². The molecule has 180 valence electrons. The zero-order chi connectivity index (χ0) is 25.0. The predicted molar refractivity (Wildman–Crippen MR) is 116 cm³/mol. The summed E-state index contributed by atoms with van der Waals surface area (Å²) in [6.07, 6.45) is -3.42. The molecule has 0 fully saturated rings. The molecule has 3 N–H and O–H groups in total. The topological polar surface area (TPSA) is 151 Å². The van der Waals surface area contributed by atoms with Crippen molar-refractivity contribution in [3.05, 3.63) is 70.8 Å². The summed E-state index contributed by atoms with van der Waals surface area (Å²) in [6.45, 7) is -0.00723. The number of amidine groups is 1. The Morgan fingerprint density at radius 3 is 2.57 bits per heavy atom. The molecule has 2 aromatic heterocycles. The number of hydrogen-bond donors (Lipinski definition) is 2. The Bertz CT molecular complexity index is 1440. The first kappa shape index (κ1) is 23.4. The highest BCUT2D eigenvalue weighted by atomic mass is 19.4. The number of aromatic nitrogens is 5. The minimum absolute atomic E-state index is 0.0205. The number of halogens is 3. The van der Waals surface area contributed by atoms with Crippen molar-refractivity contribution < 1.29 is 27.9 Å². The van der Waals surface area contributed by atoms with Gasteiger partial charge < -0.3 is 20.4 Å². The maximum Gasteiger partial charge on any atom is 0.573 e. The highest BCUT2D eigenvalue weighted by Gasteiger charge is 2.31. The van der Waals surface area contributed by atoms with Gasteiger partial charge in [-0.05, 0) is 41.5 Å². The molecule has 0 radical (unpaired) electrons. The standard InChI is InChI=1S/C21H16F3N7O4/c22-21(23,24)35-14-4-1-12(2-5-14)13-3-6-16-15(11-13)19(32)31(30-28-16)9-10-34-20-26-8-7-17(27-20)18(25)29-33/h1-8,11,33H,9-10H2,(H2,25,29). The summed E-state index contributed by atoms with van der Waals surface area (Å²) < 4.78 is 47.5. The van der Waals surface area contributed by atoms with E-state index in [0.717, 1.165) is 4.68 Å². The van der Waals surface area contributed by atoms with Crippen molar-refractivity contribution in [2.75, 3.05) is 6.61 Å². The number of benzene rings is 2. The number of fused-ring (bicyclic) bond motifs is 1. The van der Waals surface area contributed by atoms with E-state index in [-0.39, 0.29) is 41.8 Å². The van der Waals surface area contributed by atoms with Gasteiger partial charge in [-0.15, -0.1) is 18.3 Å². The number of ether oxygens (including phenoxy) is 2. The summed E-state index contributed by atoms with van der Waals surface area (Å²) in [7, 11) is 0. The molecule has 35 heavy (non-hydrogen) atoms. The van der Waals surface area contributed by atoms with Crippen LogP contribution in [0.4, 0.5) is 13.2 Å². The Labute approximate surface area is 194 Å². The Morgan fingerprint density at radius 1 is 1.11 bits per heavy atom. The van der Waals surface area contributed by atoms with E-state index in [2.05, 4.69) is 30.2 Å². The molecule has 0 saturated carbocycles. The van der Waals surface area contributed by atoms with Crippen molar-refractivity contribution in [3.8, 4) is 22.9 Å². The number of rotatable bonds is 7. The lowest BCUT2D eigenvalue weighted by Gasteiger charge is -2.10. The number of nitrogens with two attached hydrogens (primary N) is 1. The van der Waals surface area contributed by atoms with Crippen LogP contribution < -0.4 is 20.8 Å². The lowest BCUT2D eigenvalue weighted by Crippen LogP contribution is -2.27. The normalized spacial score (nSPS) is 12.0. The number of hydrogen-bond acceptors (Lipinski definition) is 9. The second-order valence-corrected chi connectivity index (χ2v) is 6.98. The van der Waals surface area contributed by atoms with Crippen LogP contribution in [0, 0.1) is 0 Å². The van der Waals surface area contributed by atoms with E-state index in [1.165, 1.54) is 36.5 Å². The zero-order valence-electron chi connectivity index (χ0n) is 17.7. The van der Waals surface area contributed by atoms with Gasteiger partial charge in [0.2, 0.25) is 0 Å². The van der Waals surface area contributed by atoms with Gasteiger partial charge in [-0.1, -0.05) is 28.6 Å². The van der Waals surface area contributed by atoms with Crippen molar-refractivity contribution in [1.82, 2.24) is 25.0 Å². The lowest BCUT2D eigenvalue weighted by atomic mass is 10.0. The molecule has 2 heterocycles. The average molecular weight is 487 g/mol.